The zero-order valence-electron chi connectivity index (χ0n) is 11.0. The maximum Gasteiger partial charge on any atom is 0.353 e. The second kappa shape index (κ2) is 7.23. The van der Waals surface area contributed by atoms with Crippen molar-refractivity contribution in [2.45, 2.75) is 6.92 Å². The first-order chi connectivity index (χ1) is 9.04. The lowest BCUT2D eigenvalue weighted by atomic mass is 10.1. The number of ether oxygens (including phenoxy) is 1. The molecule has 102 valence electrons. The summed E-state index contributed by atoms with van der Waals surface area (Å²) >= 11 is 0. The molecule has 1 aromatic rings. The number of rotatable bonds is 7. The van der Waals surface area contributed by atoms with Crippen molar-refractivity contribution in [1.82, 2.24) is 5.48 Å². The Hall–Kier alpha value is -2.27. The fourth-order valence-corrected chi connectivity index (χ4v) is 1.38. The topological polar surface area (TPSA) is 67.8 Å². The van der Waals surface area contributed by atoms with Crippen LogP contribution >= 0.6 is 0 Å². The van der Waals surface area contributed by atoms with Crippen molar-refractivity contribution < 1.29 is 19.5 Å². The summed E-state index contributed by atoms with van der Waals surface area (Å²) in [5.41, 5.74) is 4.08. The Morgan fingerprint density at radius 3 is 2.89 bits per heavy atom. The van der Waals surface area contributed by atoms with Crippen molar-refractivity contribution >= 4 is 12.0 Å². The molecule has 0 radical (unpaired) electrons. The first-order valence-electron chi connectivity index (χ1n) is 5.65. The van der Waals surface area contributed by atoms with Crippen LogP contribution in [0.4, 0.5) is 0 Å². The minimum absolute atomic E-state index is 0.207. The highest BCUT2D eigenvalue weighted by molar-refractivity contribution is 5.84. The van der Waals surface area contributed by atoms with E-state index in [1.54, 1.807) is 13.2 Å². The Kier molecular flexibility index (Phi) is 5.63. The van der Waals surface area contributed by atoms with Crippen LogP contribution in [-0.2, 0) is 9.63 Å². The lowest BCUT2D eigenvalue weighted by Gasteiger charge is -2.06. The van der Waals surface area contributed by atoms with Gasteiger partial charge in [-0.1, -0.05) is 30.4 Å². The highest BCUT2D eigenvalue weighted by Crippen LogP contribution is 2.20. The van der Waals surface area contributed by atoms with Gasteiger partial charge < -0.3 is 9.84 Å². The van der Waals surface area contributed by atoms with Gasteiger partial charge in [-0.2, -0.15) is 0 Å². The summed E-state index contributed by atoms with van der Waals surface area (Å²) in [6, 6.07) is 5.84. The van der Waals surface area contributed by atoms with Crippen LogP contribution in [0.15, 0.2) is 36.6 Å². The maximum atomic E-state index is 10.4. The highest BCUT2D eigenvalue weighted by Gasteiger charge is 2.01. The van der Waals surface area contributed by atoms with E-state index in [9.17, 15) is 4.79 Å². The van der Waals surface area contributed by atoms with Crippen LogP contribution in [0.5, 0.6) is 5.75 Å². The van der Waals surface area contributed by atoms with Gasteiger partial charge in [-0.25, -0.2) is 4.79 Å². The molecule has 0 spiro atoms. The number of aliphatic carboxylic acids is 1. The van der Waals surface area contributed by atoms with Crippen LogP contribution in [0.2, 0.25) is 0 Å². The molecule has 0 aliphatic rings. The predicted molar refractivity (Wildman–Crippen MR) is 72.6 cm³/mol. The van der Waals surface area contributed by atoms with E-state index in [0.717, 1.165) is 16.9 Å². The van der Waals surface area contributed by atoms with Crippen LogP contribution in [0.25, 0.3) is 6.08 Å². The third-order valence-electron chi connectivity index (χ3n) is 2.32. The Morgan fingerprint density at radius 2 is 2.26 bits per heavy atom. The summed E-state index contributed by atoms with van der Waals surface area (Å²) in [6.07, 6.45) is 3.59. The zero-order valence-corrected chi connectivity index (χ0v) is 11.0. The number of aryl methyl sites for hydroxylation is 1. The average molecular weight is 263 g/mol. The van der Waals surface area contributed by atoms with Crippen LogP contribution in [0.1, 0.15) is 11.1 Å². The third-order valence-corrected chi connectivity index (χ3v) is 2.32. The Morgan fingerprint density at radius 1 is 1.53 bits per heavy atom. The Bertz CT molecular complexity index is 494. The van der Waals surface area contributed by atoms with E-state index in [2.05, 4.69) is 12.1 Å². The summed E-state index contributed by atoms with van der Waals surface area (Å²) in [5.74, 6) is -0.380. The van der Waals surface area contributed by atoms with Gasteiger partial charge in [-0.05, 0) is 19.1 Å². The van der Waals surface area contributed by atoms with E-state index < -0.39 is 5.97 Å². The van der Waals surface area contributed by atoms with Crippen LogP contribution in [0.3, 0.4) is 0 Å². The largest absolute Gasteiger partial charge is 0.496 e. The molecule has 5 heteroatoms. The third kappa shape index (κ3) is 4.85. The molecule has 0 atom stereocenters. The van der Waals surface area contributed by atoms with Gasteiger partial charge in [0, 0.05) is 5.56 Å². The number of methoxy groups -OCH3 is 1. The molecule has 0 amide bonds. The fourth-order valence-electron chi connectivity index (χ4n) is 1.38. The maximum absolute atomic E-state index is 10.4. The number of hydroxylamine groups is 1. The molecule has 1 aromatic carbocycles. The quantitative estimate of drug-likeness (QED) is 0.448. The fraction of sp³-hybridized carbons (Fsp3) is 0.214. The average Bonchev–Trinajstić information content (AvgIpc) is 2.38. The lowest BCUT2D eigenvalue weighted by molar-refractivity contribution is -0.134. The van der Waals surface area contributed by atoms with Gasteiger partial charge in [0.2, 0.25) is 0 Å². The van der Waals surface area contributed by atoms with Gasteiger partial charge in [-0.3, -0.25) is 10.3 Å². The Labute approximate surface area is 112 Å². The molecule has 2 N–H and O–H groups in total. The van der Waals surface area contributed by atoms with Crippen LogP contribution in [0, 0.1) is 6.92 Å². The first kappa shape index (κ1) is 14.8. The minimum Gasteiger partial charge on any atom is -0.496 e. The molecule has 0 saturated heterocycles. The number of carboxylic acids is 1. The molecular formula is C14H17NO4. The summed E-state index contributed by atoms with van der Waals surface area (Å²) in [5, 5.41) is 8.54. The highest BCUT2D eigenvalue weighted by atomic mass is 16.6. The van der Waals surface area contributed by atoms with Gasteiger partial charge in [0.25, 0.3) is 0 Å². The van der Waals surface area contributed by atoms with Gasteiger partial charge in [0.1, 0.15) is 11.4 Å². The summed E-state index contributed by atoms with van der Waals surface area (Å²) in [6.45, 7) is 5.47. The summed E-state index contributed by atoms with van der Waals surface area (Å²) in [7, 11) is 1.61. The molecule has 0 aliphatic heterocycles. The SMILES string of the molecule is C=C(NOCC=Cc1cc(C)ccc1OC)C(=O)O. The molecule has 19 heavy (non-hydrogen) atoms. The second-order valence-corrected chi connectivity index (χ2v) is 3.84. The molecule has 0 aliphatic carbocycles. The van der Waals surface area contributed by atoms with Crippen molar-refractivity contribution in [1.29, 1.82) is 0 Å². The molecule has 5 nitrogen and oxygen atoms in total. The first-order valence-corrected chi connectivity index (χ1v) is 5.65. The second-order valence-electron chi connectivity index (χ2n) is 3.84. The van der Waals surface area contributed by atoms with Gasteiger partial charge in [0.15, 0.2) is 0 Å². The van der Waals surface area contributed by atoms with Gasteiger partial charge >= 0.3 is 5.97 Å². The molecule has 1 rings (SSSR count). The minimum atomic E-state index is -1.15. The number of carboxylic acid groups (broad SMARTS) is 1. The standard InChI is InChI=1S/C14H17NO4/c1-10-6-7-13(18-3)12(9-10)5-4-8-19-15-11(2)14(16)17/h4-7,9,15H,2,8H2,1,3H3,(H,16,17). The molecule has 0 heterocycles. The van der Waals surface area contributed by atoms with E-state index in [4.69, 9.17) is 14.7 Å². The van der Waals surface area contributed by atoms with Crippen molar-refractivity contribution in [3.63, 3.8) is 0 Å². The molecule has 0 fully saturated rings. The van der Waals surface area contributed by atoms with E-state index in [-0.39, 0.29) is 12.3 Å². The smallest absolute Gasteiger partial charge is 0.353 e. The number of benzene rings is 1. The van der Waals surface area contributed by atoms with Crippen molar-refractivity contribution in [3.05, 3.63) is 47.7 Å². The van der Waals surface area contributed by atoms with Crippen molar-refractivity contribution in [2.75, 3.05) is 13.7 Å². The van der Waals surface area contributed by atoms with Crippen molar-refractivity contribution in [2.24, 2.45) is 0 Å². The van der Waals surface area contributed by atoms with Crippen LogP contribution in [-0.4, -0.2) is 24.8 Å². The zero-order chi connectivity index (χ0) is 14.3. The van der Waals surface area contributed by atoms with Crippen molar-refractivity contribution in [3.8, 4) is 5.75 Å². The normalized spacial score (nSPS) is 10.4. The van der Waals surface area contributed by atoms with E-state index in [1.807, 2.05) is 31.2 Å². The van der Waals surface area contributed by atoms with E-state index in [1.165, 1.54) is 0 Å². The number of hydrogen-bond acceptors (Lipinski definition) is 4. The molecule has 0 aromatic heterocycles. The number of carbonyl (C=O) groups is 1. The van der Waals surface area contributed by atoms with Crippen LogP contribution < -0.4 is 10.2 Å². The molecule has 0 saturated carbocycles. The summed E-state index contributed by atoms with van der Waals surface area (Å²) < 4.78 is 5.23. The summed E-state index contributed by atoms with van der Waals surface area (Å²) in [4.78, 5) is 15.4. The van der Waals surface area contributed by atoms with Gasteiger partial charge in [-0.15, -0.1) is 0 Å². The number of hydrogen-bond donors (Lipinski definition) is 2. The van der Waals surface area contributed by atoms with E-state index in [0.29, 0.717) is 0 Å². The molecular weight excluding hydrogens is 246 g/mol. The molecule has 0 bridgehead atoms. The molecule has 0 unspecified atom stereocenters. The number of nitrogens with one attached hydrogen (secondary N) is 1. The lowest BCUT2D eigenvalue weighted by Crippen LogP contribution is -2.19. The Balaban J connectivity index is 2.51. The predicted octanol–water partition coefficient (Wildman–Crippen LogP) is 2.14. The van der Waals surface area contributed by atoms with E-state index >= 15 is 0 Å². The monoisotopic (exact) mass is 263 g/mol. The van der Waals surface area contributed by atoms with Gasteiger partial charge in [0.05, 0.1) is 13.7 Å².